The summed E-state index contributed by atoms with van der Waals surface area (Å²) in [5, 5.41) is 1.64. The molecule has 0 heterocycles. The van der Waals surface area contributed by atoms with Crippen molar-refractivity contribution in [1.29, 1.82) is 0 Å². The monoisotopic (exact) mass is 567 g/mol. The molecule has 0 aliphatic heterocycles. The van der Waals surface area contributed by atoms with Crippen LogP contribution < -0.4 is 10.6 Å². The third kappa shape index (κ3) is 4.32. The summed E-state index contributed by atoms with van der Waals surface area (Å²) in [5.41, 5.74) is 4.36. The van der Waals surface area contributed by atoms with Crippen LogP contribution in [0.25, 0.3) is 0 Å². The Balaban J connectivity index is 2.76. The second-order valence-corrected chi connectivity index (χ2v) is 12.9. The molecule has 0 saturated carbocycles. The maximum atomic E-state index is 14.2. The molecule has 0 radical (unpaired) electrons. The first-order valence-electron chi connectivity index (χ1n) is 8.94. The van der Waals surface area contributed by atoms with Gasteiger partial charge in [0.25, 0.3) is 0 Å². The second-order valence-electron chi connectivity index (χ2n) is 9.12. The van der Waals surface area contributed by atoms with Gasteiger partial charge in [0.1, 0.15) is 0 Å². The van der Waals surface area contributed by atoms with Crippen molar-refractivity contribution in [3.05, 3.63) is 58.7 Å². The van der Waals surface area contributed by atoms with Crippen LogP contribution in [0.5, 0.6) is 0 Å². The van der Waals surface area contributed by atoms with Crippen LogP contribution in [0.2, 0.25) is 0 Å². The van der Waals surface area contributed by atoms with E-state index < -0.39 is 7.37 Å². The minimum absolute atomic E-state index is 0.00606. The Bertz CT molecular complexity index is 790. The van der Waals surface area contributed by atoms with E-state index in [0.717, 1.165) is 46.9 Å². The third-order valence-corrected chi connectivity index (χ3v) is 9.58. The predicted molar refractivity (Wildman–Crippen MR) is 108 cm³/mol. The topological polar surface area (TPSA) is 26.3 Å². The fraction of sp³-hybridized carbons (Fsp3) is 0.455. The van der Waals surface area contributed by atoms with E-state index in [1.807, 2.05) is 13.8 Å². The molecule has 0 saturated heterocycles. The first-order valence-corrected chi connectivity index (χ1v) is 11.8. The molecule has 0 aromatic heterocycles. The second kappa shape index (κ2) is 7.50. The predicted octanol–water partition coefficient (Wildman–Crippen LogP) is 5.61. The summed E-state index contributed by atoms with van der Waals surface area (Å²) in [6.07, 6.45) is 0. The van der Waals surface area contributed by atoms with Gasteiger partial charge >= 0.3 is 175 Å². The van der Waals surface area contributed by atoms with Gasteiger partial charge in [0.05, 0.1) is 0 Å². The third-order valence-electron chi connectivity index (χ3n) is 4.88. The molecule has 142 valence electrons. The van der Waals surface area contributed by atoms with E-state index in [-0.39, 0.29) is 10.8 Å². The zero-order valence-corrected chi connectivity index (χ0v) is 20.9. The molecule has 0 unspecified atom stereocenters. The van der Waals surface area contributed by atoms with Gasteiger partial charge in [-0.15, -0.1) is 0 Å². The summed E-state index contributed by atoms with van der Waals surface area (Å²) < 4.78 is 20.0. The molecule has 0 spiro atoms. The zero-order chi connectivity index (χ0) is 19.9. The standard InChI is InChI=1S/C22H30AtO2P/c1-15-9-11-17(21(3,4)5)13-19(15)26(24,25-23)20-14-18(22(6,7)8)12-10-16(20)2/h9-14H,1-8H3. The summed E-state index contributed by atoms with van der Waals surface area (Å²) in [7, 11) is -3.15. The molecule has 4 heteroatoms. The summed E-state index contributed by atoms with van der Waals surface area (Å²) in [6, 6.07) is 12.5. The molecule has 0 atom stereocenters. The van der Waals surface area contributed by atoms with Gasteiger partial charge in [0.15, 0.2) is 0 Å². The van der Waals surface area contributed by atoms with Crippen molar-refractivity contribution < 1.29 is 32.3 Å². The van der Waals surface area contributed by atoms with Crippen molar-refractivity contribution in [2.24, 2.45) is 0 Å². The molecular weight excluding hydrogens is 537 g/mol. The molecule has 2 aromatic carbocycles. The molecule has 0 bridgehead atoms. The fourth-order valence-corrected chi connectivity index (χ4v) is 6.83. The molecule has 0 fully saturated rings. The summed E-state index contributed by atoms with van der Waals surface area (Å²) in [4.78, 5) is 0. The zero-order valence-electron chi connectivity index (χ0n) is 17.1. The van der Waals surface area contributed by atoms with Gasteiger partial charge in [-0.3, -0.25) is 0 Å². The van der Waals surface area contributed by atoms with Crippen LogP contribution in [0.1, 0.15) is 63.8 Å². The van der Waals surface area contributed by atoms with E-state index >= 15 is 0 Å². The van der Waals surface area contributed by atoms with Gasteiger partial charge in [-0.2, -0.15) is 0 Å². The molecule has 0 amide bonds. The number of hydrogen-bond donors (Lipinski definition) is 0. The summed E-state index contributed by atoms with van der Waals surface area (Å²) in [5.74, 6) is 0. The molecule has 2 aromatic rings. The minimum atomic E-state index is -3.15. The first kappa shape index (κ1) is 21.8. The van der Waals surface area contributed by atoms with Crippen LogP contribution in [-0.2, 0) is 18.0 Å². The van der Waals surface area contributed by atoms with E-state index in [0.29, 0.717) is 0 Å². The molecule has 0 N–H and O–H groups in total. The van der Waals surface area contributed by atoms with E-state index in [4.69, 9.17) is 2.60 Å². The Labute approximate surface area is 174 Å². The van der Waals surface area contributed by atoms with Crippen LogP contribution in [0.3, 0.4) is 0 Å². The molecule has 2 nitrogen and oxygen atoms in total. The molecule has 2 rings (SSSR count). The normalized spacial score (nSPS) is 13.1. The van der Waals surface area contributed by atoms with E-state index in [1.54, 1.807) is 0 Å². The van der Waals surface area contributed by atoms with Crippen molar-refractivity contribution in [2.45, 2.75) is 66.2 Å². The number of hydrogen-bond acceptors (Lipinski definition) is 2. The average Bonchev–Trinajstić information content (AvgIpc) is 2.52. The van der Waals surface area contributed by atoms with Crippen LogP contribution in [0.4, 0.5) is 0 Å². The van der Waals surface area contributed by atoms with Crippen LogP contribution >= 0.6 is 7.37 Å². The fourth-order valence-electron chi connectivity index (χ4n) is 2.99. The molecule has 26 heavy (non-hydrogen) atoms. The Morgan fingerprint density at radius 1 is 0.769 bits per heavy atom. The molecule has 0 aliphatic carbocycles. The van der Waals surface area contributed by atoms with Crippen molar-refractivity contribution in [1.82, 2.24) is 0 Å². The van der Waals surface area contributed by atoms with E-state index in [1.165, 1.54) is 11.1 Å². The van der Waals surface area contributed by atoms with Crippen LogP contribution in [0.15, 0.2) is 36.4 Å². The average molecular weight is 567 g/mol. The van der Waals surface area contributed by atoms with Crippen molar-refractivity contribution in [2.75, 3.05) is 0 Å². The molecule has 0 aliphatic rings. The number of aryl methyl sites for hydroxylation is 2. The van der Waals surface area contributed by atoms with Crippen LogP contribution in [-0.4, -0.2) is 0 Å². The quantitative estimate of drug-likeness (QED) is 0.451. The Kier molecular flexibility index (Phi) is 6.29. The van der Waals surface area contributed by atoms with Crippen molar-refractivity contribution in [3.8, 4) is 0 Å². The Morgan fingerprint density at radius 3 is 1.38 bits per heavy atom. The number of rotatable bonds is 3. The van der Waals surface area contributed by atoms with Gasteiger partial charge < -0.3 is 0 Å². The summed E-state index contributed by atoms with van der Waals surface area (Å²) in [6.45, 7) is 17.1. The summed E-state index contributed by atoms with van der Waals surface area (Å²) >= 11 is 1.11. The first-order chi connectivity index (χ1) is 11.8. The number of benzene rings is 2. The Hall–Kier alpha value is -0.487. The van der Waals surface area contributed by atoms with Crippen LogP contribution in [0, 0.1) is 39.0 Å². The van der Waals surface area contributed by atoms with E-state index in [2.05, 4.69) is 77.9 Å². The van der Waals surface area contributed by atoms with Gasteiger partial charge in [-0.05, 0) is 0 Å². The van der Waals surface area contributed by atoms with E-state index in [9.17, 15) is 4.57 Å². The van der Waals surface area contributed by atoms with Gasteiger partial charge in [0.2, 0.25) is 0 Å². The SMILES string of the molecule is Cc1ccc(C(C)(C)C)cc1P(=O)(O[At])c1cc(C(C)(C)C)ccc1C. The van der Waals surface area contributed by atoms with Gasteiger partial charge in [-0.25, -0.2) is 0 Å². The van der Waals surface area contributed by atoms with Gasteiger partial charge in [-0.1, -0.05) is 0 Å². The maximum absolute atomic E-state index is 14.2. The molecular formula is C22H30AtO2P. The van der Waals surface area contributed by atoms with Gasteiger partial charge in [0, 0.05) is 0 Å². The van der Waals surface area contributed by atoms with Crippen molar-refractivity contribution >= 4 is 18.0 Å². The van der Waals surface area contributed by atoms with Crippen molar-refractivity contribution in [3.63, 3.8) is 0 Å². The Morgan fingerprint density at radius 2 is 1.12 bits per heavy atom.